The maximum atomic E-state index is 4.63. The molecule has 1 nitrogen and oxygen atoms in total. The van der Waals surface area contributed by atoms with Crippen molar-refractivity contribution >= 4 is 5.57 Å². The van der Waals surface area contributed by atoms with Crippen molar-refractivity contribution in [2.24, 2.45) is 5.92 Å². The molecule has 0 spiro atoms. The van der Waals surface area contributed by atoms with E-state index in [1.165, 1.54) is 16.7 Å². The van der Waals surface area contributed by atoms with Gasteiger partial charge in [-0.3, -0.25) is 4.98 Å². The first-order valence-corrected chi connectivity index (χ1v) is 8.33. The molecule has 1 heterocycles. The fraction of sp³-hybridized carbons (Fsp3) is 0.0870. The van der Waals surface area contributed by atoms with Gasteiger partial charge in [-0.1, -0.05) is 85.0 Å². The average Bonchev–Trinajstić information content (AvgIpc) is 3.14. The first kappa shape index (κ1) is 14.6. The van der Waals surface area contributed by atoms with Crippen LogP contribution in [0, 0.1) is 5.92 Å². The standard InChI is InChI=1S/C23H19N/c1-3-9-18(10-4-1)20-14-15-21(17-20)23(19-11-5-2-6-12-19)22-13-7-8-16-24-22/h1-17,21,23H. The Kier molecular flexibility index (Phi) is 4.07. The molecule has 2 atom stereocenters. The number of hydrogen-bond donors (Lipinski definition) is 0. The number of hydrogen-bond acceptors (Lipinski definition) is 1. The van der Waals surface area contributed by atoms with Gasteiger partial charge in [0, 0.05) is 23.7 Å². The zero-order valence-corrected chi connectivity index (χ0v) is 13.4. The van der Waals surface area contributed by atoms with Crippen molar-refractivity contribution in [1.29, 1.82) is 0 Å². The lowest BCUT2D eigenvalue weighted by Gasteiger charge is -2.21. The summed E-state index contributed by atoms with van der Waals surface area (Å²) in [5.74, 6) is 0.558. The van der Waals surface area contributed by atoms with Crippen molar-refractivity contribution in [2.75, 3.05) is 0 Å². The van der Waals surface area contributed by atoms with E-state index in [9.17, 15) is 0 Å². The lowest BCUT2D eigenvalue weighted by Crippen LogP contribution is -2.11. The average molecular weight is 309 g/mol. The fourth-order valence-corrected chi connectivity index (χ4v) is 3.37. The zero-order chi connectivity index (χ0) is 16.2. The minimum atomic E-state index is 0.241. The van der Waals surface area contributed by atoms with E-state index >= 15 is 0 Å². The summed E-state index contributed by atoms with van der Waals surface area (Å²) in [6.07, 6.45) is 8.78. The molecule has 1 aliphatic carbocycles. The molecular formula is C23H19N. The van der Waals surface area contributed by atoms with Gasteiger partial charge < -0.3 is 0 Å². The topological polar surface area (TPSA) is 12.9 Å². The van der Waals surface area contributed by atoms with E-state index in [1.807, 2.05) is 12.3 Å². The van der Waals surface area contributed by atoms with Crippen LogP contribution >= 0.6 is 0 Å². The summed E-state index contributed by atoms with van der Waals surface area (Å²) in [6, 6.07) is 27.4. The Morgan fingerprint density at radius 2 is 1.46 bits per heavy atom. The van der Waals surface area contributed by atoms with Crippen LogP contribution in [-0.4, -0.2) is 4.98 Å². The summed E-state index contributed by atoms with van der Waals surface area (Å²) < 4.78 is 0. The molecule has 0 saturated heterocycles. The Balaban J connectivity index is 1.73. The number of pyridine rings is 1. The lowest BCUT2D eigenvalue weighted by atomic mass is 9.84. The number of allylic oxidation sites excluding steroid dienone is 4. The van der Waals surface area contributed by atoms with Gasteiger partial charge in [-0.15, -0.1) is 0 Å². The first-order valence-electron chi connectivity index (χ1n) is 8.33. The highest BCUT2D eigenvalue weighted by atomic mass is 14.7. The van der Waals surface area contributed by atoms with Crippen LogP contribution in [0.1, 0.15) is 22.7 Å². The van der Waals surface area contributed by atoms with Gasteiger partial charge in [0.25, 0.3) is 0 Å². The van der Waals surface area contributed by atoms with E-state index < -0.39 is 0 Å². The van der Waals surface area contributed by atoms with Gasteiger partial charge in [-0.25, -0.2) is 0 Å². The lowest BCUT2D eigenvalue weighted by molar-refractivity contribution is 0.673. The summed E-state index contributed by atoms with van der Waals surface area (Å²) in [5.41, 5.74) is 4.97. The second kappa shape index (κ2) is 6.67. The van der Waals surface area contributed by atoms with E-state index in [4.69, 9.17) is 0 Å². The van der Waals surface area contributed by atoms with E-state index in [1.54, 1.807) is 0 Å². The first-order chi connectivity index (χ1) is 11.9. The van der Waals surface area contributed by atoms with Gasteiger partial charge in [-0.05, 0) is 28.8 Å². The number of rotatable bonds is 4. The maximum absolute atomic E-state index is 4.63. The van der Waals surface area contributed by atoms with Crippen molar-refractivity contribution in [3.63, 3.8) is 0 Å². The van der Waals surface area contributed by atoms with Crippen LogP contribution in [0.3, 0.4) is 0 Å². The molecule has 1 heteroatoms. The maximum Gasteiger partial charge on any atom is 0.0487 e. The SMILES string of the molecule is C1=CC(C(c2ccccc2)c2ccccn2)C=C1c1ccccc1. The summed E-state index contributed by atoms with van der Waals surface area (Å²) in [6.45, 7) is 0. The Morgan fingerprint density at radius 1 is 0.750 bits per heavy atom. The van der Waals surface area contributed by atoms with Crippen molar-refractivity contribution in [3.05, 3.63) is 120 Å². The normalized spacial score (nSPS) is 17.5. The third kappa shape index (κ3) is 2.93. The summed E-state index contributed by atoms with van der Waals surface area (Å²) in [5, 5.41) is 0. The van der Waals surface area contributed by atoms with Crippen molar-refractivity contribution in [3.8, 4) is 0 Å². The summed E-state index contributed by atoms with van der Waals surface area (Å²) >= 11 is 0. The molecule has 0 radical (unpaired) electrons. The highest BCUT2D eigenvalue weighted by molar-refractivity contribution is 5.77. The predicted octanol–water partition coefficient (Wildman–Crippen LogP) is 5.48. The third-order valence-corrected chi connectivity index (χ3v) is 4.53. The van der Waals surface area contributed by atoms with Crippen molar-refractivity contribution in [1.82, 2.24) is 4.98 Å². The largest absolute Gasteiger partial charge is 0.261 e. The fourth-order valence-electron chi connectivity index (χ4n) is 3.37. The molecule has 1 aliphatic rings. The highest BCUT2D eigenvalue weighted by Crippen LogP contribution is 2.38. The molecule has 2 aromatic carbocycles. The molecule has 4 rings (SSSR count). The quantitative estimate of drug-likeness (QED) is 0.621. The minimum absolute atomic E-state index is 0.241. The van der Waals surface area contributed by atoms with Gasteiger partial charge in [-0.2, -0.15) is 0 Å². The van der Waals surface area contributed by atoms with E-state index in [2.05, 4.69) is 96.0 Å². The molecule has 116 valence electrons. The molecule has 0 amide bonds. The molecular weight excluding hydrogens is 290 g/mol. The molecule has 2 unspecified atom stereocenters. The van der Waals surface area contributed by atoms with Gasteiger partial charge in [0.15, 0.2) is 0 Å². The van der Waals surface area contributed by atoms with Crippen LogP contribution in [-0.2, 0) is 0 Å². The molecule has 0 saturated carbocycles. The van der Waals surface area contributed by atoms with Crippen LogP contribution in [0.25, 0.3) is 5.57 Å². The predicted molar refractivity (Wildman–Crippen MR) is 99.6 cm³/mol. The molecule has 1 aromatic heterocycles. The molecule has 24 heavy (non-hydrogen) atoms. The summed E-state index contributed by atoms with van der Waals surface area (Å²) in [4.78, 5) is 4.63. The van der Waals surface area contributed by atoms with Crippen LogP contribution in [0.2, 0.25) is 0 Å². The van der Waals surface area contributed by atoms with Crippen LogP contribution in [0.5, 0.6) is 0 Å². The molecule has 0 fully saturated rings. The van der Waals surface area contributed by atoms with Crippen LogP contribution < -0.4 is 0 Å². The van der Waals surface area contributed by atoms with E-state index in [0.717, 1.165) is 5.69 Å². The Morgan fingerprint density at radius 3 is 2.17 bits per heavy atom. The van der Waals surface area contributed by atoms with Gasteiger partial charge in [0.2, 0.25) is 0 Å². The second-order valence-corrected chi connectivity index (χ2v) is 6.07. The zero-order valence-electron chi connectivity index (χ0n) is 13.4. The third-order valence-electron chi connectivity index (χ3n) is 4.53. The monoisotopic (exact) mass is 309 g/mol. The number of nitrogens with zero attached hydrogens (tertiary/aromatic N) is 1. The number of benzene rings is 2. The summed E-state index contributed by atoms with van der Waals surface area (Å²) in [7, 11) is 0. The second-order valence-electron chi connectivity index (χ2n) is 6.07. The Labute approximate surface area is 143 Å². The molecule has 0 bridgehead atoms. The van der Waals surface area contributed by atoms with E-state index in [0.29, 0.717) is 5.92 Å². The van der Waals surface area contributed by atoms with Crippen molar-refractivity contribution < 1.29 is 0 Å². The Bertz CT molecular complexity index is 809. The molecule has 3 aromatic rings. The van der Waals surface area contributed by atoms with Gasteiger partial charge in [0.05, 0.1) is 0 Å². The van der Waals surface area contributed by atoms with Crippen LogP contribution in [0.4, 0.5) is 0 Å². The minimum Gasteiger partial charge on any atom is -0.261 e. The van der Waals surface area contributed by atoms with Gasteiger partial charge in [0.1, 0.15) is 0 Å². The smallest absolute Gasteiger partial charge is 0.0487 e. The molecule has 0 aliphatic heterocycles. The molecule has 0 N–H and O–H groups in total. The number of aromatic nitrogens is 1. The van der Waals surface area contributed by atoms with Crippen molar-refractivity contribution in [2.45, 2.75) is 5.92 Å². The Hall–Kier alpha value is -2.93. The van der Waals surface area contributed by atoms with E-state index in [-0.39, 0.29) is 5.92 Å². The van der Waals surface area contributed by atoms with Crippen LogP contribution in [0.15, 0.2) is 103 Å². The highest BCUT2D eigenvalue weighted by Gasteiger charge is 2.25. The van der Waals surface area contributed by atoms with Gasteiger partial charge >= 0.3 is 0 Å².